The maximum Gasteiger partial charge on any atom is 0.221 e. The summed E-state index contributed by atoms with van der Waals surface area (Å²) in [4.78, 5) is 11.4. The highest BCUT2D eigenvalue weighted by molar-refractivity contribution is 5.75. The molecule has 0 spiro atoms. The first-order valence-corrected chi connectivity index (χ1v) is 7.37. The van der Waals surface area contributed by atoms with Crippen molar-refractivity contribution < 1.29 is 9.90 Å². The summed E-state index contributed by atoms with van der Waals surface area (Å²) in [5.41, 5.74) is 3.52. The maximum atomic E-state index is 11.4. The van der Waals surface area contributed by atoms with Crippen molar-refractivity contribution in [3.8, 4) is 5.75 Å². The first-order chi connectivity index (χ1) is 9.54. The molecular weight excluding hydrogens is 252 g/mol. The lowest BCUT2D eigenvalue weighted by Gasteiger charge is -2.15. The summed E-state index contributed by atoms with van der Waals surface area (Å²) in [6, 6.07) is 3.89. The van der Waals surface area contributed by atoms with E-state index < -0.39 is 0 Å². The molecule has 20 heavy (non-hydrogen) atoms. The molecule has 1 aliphatic rings. The summed E-state index contributed by atoms with van der Waals surface area (Å²) in [7, 11) is 0. The van der Waals surface area contributed by atoms with Crippen molar-refractivity contribution in [2.45, 2.75) is 45.6 Å². The summed E-state index contributed by atoms with van der Waals surface area (Å²) in [6.07, 6.45) is 1.45. The number of hydrogen-bond acceptors (Lipinski definition) is 3. The van der Waals surface area contributed by atoms with Gasteiger partial charge in [0.05, 0.1) is 0 Å². The molecule has 0 bridgehead atoms. The van der Waals surface area contributed by atoms with E-state index in [1.807, 2.05) is 13.0 Å². The van der Waals surface area contributed by atoms with E-state index >= 15 is 0 Å². The monoisotopic (exact) mass is 276 g/mol. The predicted octanol–water partition coefficient (Wildman–Crippen LogP) is 2.36. The topological polar surface area (TPSA) is 61.4 Å². The molecule has 4 nitrogen and oxygen atoms in total. The predicted molar refractivity (Wildman–Crippen MR) is 79.9 cm³/mol. The second-order valence-corrected chi connectivity index (χ2v) is 5.58. The number of benzene rings is 1. The third-order valence-corrected chi connectivity index (χ3v) is 4.03. The lowest BCUT2D eigenvalue weighted by molar-refractivity contribution is -0.120. The molecule has 0 radical (unpaired) electrons. The van der Waals surface area contributed by atoms with Gasteiger partial charge in [0, 0.05) is 31.1 Å². The van der Waals surface area contributed by atoms with Crippen molar-refractivity contribution in [2.75, 3.05) is 13.1 Å². The smallest absolute Gasteiger partial charge is 0.221 e. The number of carbonyl (C=O) groups excluding carboxylic acids is 1. The third-order valence-electron chi connectivity index (χ3n) is 4.03. The van der Waals surface area contributed by atoms with E-state index in [1.165, 1.54) is 11.1 Å². The molecule has 0 heterocycles. The fourth-order valence-corrected chi connectivity index (χ4v) is 3.17. The Hall–Kier alpha value is -1.55. The normalized spacial score (nSPS) is 20.8. The summed E-state index contributed by atoms with van der Waals surface area (Å²) < 4.78 is 0. The fraction of sp³-hybridized carbons (Fsp3) is 0.562. The standard InChI is InChI=1S/C16H24N2O2/c1-4-17-14(20)7-8-18-12-9-11(3)15-10(2)5-6-13(19)16(12)15/h5-6,11-12,18-19H,4,7-9H2,1-3H3,(H,17,20). The van der Waals surface area contributed by atoms with E-state index in [9.17, 15) is 9.90 Å². The molecule has 2 unspecified atom stereocenters. The molecule has 0 fully saturated rings. The summed E-state index contributed by atoms with van der Waals surface area (Å²) in [6.45, 7) is 7.50. The number of amides is 1. The number of carbonyl (C=O) groups is 1. The number of phenolic OH excluding ortho intramolecular Hbond substituents is 1. The Morgan fingerprint density at radius 2 is 2.15 bits per heavy atom. The Morgan fingerprint density at radius 3 is 2.85 bits per heavy atom. The first-order valence-electron chi connectivity index (χ1n) is 7.37. The Labute approximate surface area is 120 Å². The number of fused-ring (bicyclic) bond motifs is 1. The number of rotatable bonds is 5. The van der Waals surface area contributed by atoms with Crippen molar-refractivity contribution in [3.63, 3.8) is 0 Å². The summed E-state index contributed by atoms with van der Waals surface area (Å²) >= 11 is 0. The highest BCUT2D eigenvalue weighted by atomic mass is 16.3. The summed E-state index contributed by atoms with van der Waals surface area (Å²) in [5.74, 6) is 0.879. The highest BCUT2D eigenvalue weighted by Gasteiger charge is 2.31. The van der Waals surface area contributed by atoms with Crippen LogP contribution in [0.25, 0.3) is 0 Å². The van der Waals surface area contributed by atoms with E-state index in [4.69, 9.17) is 0 Å². The SMILES string of the molecule is CCNC(=O)CCNC1CC(C)c2c(C)ccc(O)c21. The van der Waals surface area contributed by atoms with E-state index in [0.717, 1.165) is 12.0 Å². The number of phenols is 1. The zero-order chi connectivity index (χ0) is 14.7. The lowest BCUT2D eigenvalue weighted by Crippen LogP contribution is -2.28. The van der Waals surface area contributed by atoms with E-state index in [1.54, 1.807) is 6.07 Å². The van der Waals surface area contributed by atoms with Gasteiger partial charge < -0.3 is 15.7 Å². The molecule has 1 aromatic rings. The highest BCUT2D eigenvalue weighted by Crippen LogP contribution is 2.45. The molecule has 0 aromatic heterocycles. The second kappa shape index (κ2) is 6.27. The molecule has 1 aliphatic carbocycles. The van der Waals surface area contributed by atoms with Gasteiger partial charge in [-0.05, 0) is 43.4 Å². The van der Waals surface area contributed by atoms with Crippen molar-refractivity contribution in [3.05, 3.63) is 28.8 Å². The Kier molecular flexibility index (Phi) is 4.65. The van der Waals surface area contributed by atoms with Crippen LogP contribution in [0.1, 0.15) is 55.3 Å². The maximum absolute atomic E-state index is 11.4. The van der Waals surface area contributed by atoms with Gasteiger partial charge in [-0.1, -0.05) is 13.0 Å². The second-order valence-electron chi connectivity index (χ2n) is 5.58. The van der Waals surface area contributed by atoms with Crippen LogP contribution in [0.5, 0.6) is 5.75 Å². The quantitative estimate of drug-likeness (QED) is 0.773. The average Bonchev–Trinajstić information content (AvgIpc) is 2.73. The minimum Gasteiger partial charge on any atom is -0.508 e. The minimum atomic E-state index is 0.0692. The van der Waals surface area contributed by atoms with Gasteiger partial charge >= 0.3 is 0 Å². The Morgan fingerprint density at radius 1 is 1.40 bits per heavy atom. The van der Waals surface area contributed by atoms with Gasteiger partial charge in [0.15, 0.2) is 0 Å². The molecule has 110 valence electrons. The molecule has 0 aliphatic heterocycles. The minimum absolute atomic E-state index is 0.0692. The van der Waals surface area contributed by atoms with E-state index in [-0.39, 0.29) is 11.9 Å². The molecule has 3 N–H and O–H groups in total. The third kappa shape index (κ3) is 2.96. The Balaban J connectivity index is 2.03. The fourth-order valence-electron chi connectivity index (χ4n) is 3.17. The van der Waals surface area contributed by atoms with Gasteiger partial charge in [-0.3, -0.25) is 4.79 Å². The molecule has 1 aromatic carbocycles. The van der Waals surface area contributed by atoms with Crippen molar-refractivity contribution in [1.29, 1.82) is 0 Å². The van der Waals surface area contributed by atoms with Gasteiger partial charge in [-0.2, -0.15) is 0 Å². The van der Waals surface area contributed by atoms with Crippen LogP contribution in [0, 0.1) is 6.92 Å². The number of nitrogens with one attached hydrogen (secondary N) is 2. The first kappa shape index (κ1) is 14.9. The van der Waals surface area contributed by atoms with E-state index in [0.29, 0.717) is 31.2 Å². The van der Waals surface area contributed by atoms with Crippen molar-refractivity contribution in [1.82, 2.24) is 10.6 Å². The van der Waals surface area contributed by atoms with Crippen LogP contribution in [-0.2, 0) is 4.79 Å². The van der Waals surface area contributed by atoms with Crippen LogP contribution in [0.4, 0.5) is 0 Å². The van der Waals surface area contributed by atoms with Gasteiger partial charge in [-0.25, -0.2) is 0 Å². The average molecular weight is 276 g/mol. The number of aryl methyl sites for hydroxylation is 1. The molecule has 1 amide bonds. The molecular formula is C16H24N2O2. The van der Waals surface area contributed by atoms with Crippen molar-refractivity contribution >= 4 is 5.91 Å². The van der Waals surface area contributed by atoms with Crippen LogP contribution in [0.3, 0.4) is 0 Å². The van der Waals surface area contributed by atoms with Crippen LogP contribution in [-0.4, -0.2) is 24.1 Å². The van der Waals surface area contributed by atoms with Crippen LogP contribution in [0.2, 0.25) is 0 Å². The molecule has 0 saturated heterocycles. The number of hydrogen-bond donors (Lipinski definition) is 3. The molecule has 2 atom stereocenters. The van der Waals surface area contributed by atoms with Crippen LogP contribution >= 0.6 is 0 Å². The van der Waals surface area contributed by atoms with Gasteiger partial charge in [-0.15, -0.1) is 0 Å². The van der Waals surface area contributed by atoms with Gasteiger partial charge in [0.25, 0.3) is 0 Å². The summed E-state index contributed by atoms with van der Waals surface area (Å²) in [5, 5.41) is 16.3. The van der Waals surface area contributed by atoms with Crippen molar-refractivity contribution in [2.24, 2.45) is 0 Å². The lowest BCUT2D eigenvalue weighted by atomic mass is 9.97. The molecule has 0 saturated carbocycles. The van der Waals surface area contributed by atoms with E-state index in [2.05, 4.69) is 24.5 Å². The van der Waals surface area contributed by atoms with Gasteiger partial charge in [0.2, 0.25) is 5.91 Å². The van der Waals surface area contributed by atoms with Crippen LogP contribution < -0.4 is 10.6 Å². The zero-order valence-electron chi connectivity index (χ0n) is 12.5. The Bertz CT molecular complexity index is 499. The largest absolute Gasteiger partial charge is 0.508 e. The van der Waals surface area contributed by atoms with Crippen LogP contribution in [0.15, 0.2) is 12.1 Å². The molecule has 2 rings (SSSR count). The molecule has 4 heteroatoms. The number of aromatic hydroxyl groups is 1. The zero-order valence-corrected chi connectivity index (χ0v) is 12.5. The van der Waals surface area contributed by atoms with Gasteiger partial charge in [0.1, 0.15) is 5.75 Å².